The predicted molar refractivity (Wildman–Crippen MR) is 67.1 cm³/mol. The fourth-order valence-corrected chi connectivity index (χ4v) is 1.31. The van der Waals surface area contributed by atoms with Gasteiger partial charge in [-0.25, -0.2) is 0 Å². The summed E-state index contributed by atoms with van der Waals surface area (Å²) in [4.78, 5) is 0. The fourth-order valence-electron chi connectivity index (χ4n) is 1.04. The van der Waals surface area contributed by atoms with Crippen molar-refractivity contribution in [3.8, 4) is 0 Å². The van der Waals surface area contributed by atoms with Crippen molar-refractivity contribution in [1.82, 2.24) is 0 Å². The summed E-state index contributed by atoms with van der Waals surface area (Å²) in [6.45, 7) is 5.98. The Morgan fingerprint density at radius 2 is 1.86 bits per heavy atom. The average Bonchev–Trinajstić information content (AvgIpc) is 2.19. The summed E-state index contributed by atoms with van der Waals surface area (Å²) in [5, 5.41) is 0. The topological polar surface area (TPSA) is 0 Å². The van der Waals surface area contributed by atoms with Crippen molar-refractivity contribution in [3.63, 3.8) is 0 Å². The zero-order valence-corrected chi connectivity index (χ0v) is 9.79. The maximum atomic E-state index is 3.99. The molecule has 0 unspecified atom stereocenters. The Balaban J connectivity index is 2.75. The van der Waals surface area contributed by atoms with Crippen LogP contribution in [-0.4, -0.2) is 0 Å². The van der Waals surface area contributed by atoms with Crippen LogP contribution in [-0.2, 0) is 0 Å². The van der Waals surface area contributed by atoms with E-state index in [1.807, 2.05) is 55.5 Å². The molecule has 72 valence electrons. The van der Waals surface area contributed by atoms with Gasteiger partial charge in [0.1, 0.15) is 0 Å². The lowest BCUT2D eigenvalue weighted by molar-refractivity contribution is 1.59. The number of hydrogen-bond acceptors (Lipinski definition) is 0. The molecule has 0 saturated carbocycles. The van der Waals surface area contributed by atoms with E-state index < -0.39 is 0 Å². The van der Waals surface area contributed by atoms with Crippen molar-refractivity contribution in [2.45, 2.75) is 6.92 Å². The summed E-state index contributed by atoms with van der Waals surface area (Å²) in [5.41, 5.74) is 2.17. The summed E-state index contributed by atoms with van der Waals surface area (Å²) >= 11 is 3.40. The molecule has 1 aromatic carbocycles. The third-order valence-electron chi connectivity index (χ3n) is 1.82. The number of benzene rings is 1. The van der Waals surface area contributed by atoms with Gasteiger partial charge in [0.15, 0.2) is 0 Å². The van der Waals surface area contributed by atoms with E-state index in [0.717, 1.165) is 15.6 Å². The number of rotatable bonds is 3. The van der Waals surface area contributed by atoms with Gasteiger partial charge in [0.25, 0.3) is 0 Å². The van der Waals surface area contributed by atoms with Crippen LogP contribution >= 0.6 is 15.9 Å². The van der Waals surface area contributed by atoms with Crippen LogP contribution in [0.1, 0.15) is 12.5 Å². The zero-order chi connectivity index (χ0) is 10.4. The summed E-state index contributed by atoms with van der Waals surface area (Å²) in [6, 6.07) is 8.13. The fraction of sp³-hybridized carbons (Fsp3) is 0.0769. The van der Waals surface area contributed by atoms with Crippen LogP contribution in [0, 0.1) is 0 Å². The highest BCUT2D eigenvalue weighted by Crippen LogP contribution is 2.17. The monoisotopic (exact) mass is 248 g/mol. The molecular formula is C13H13Br. The van der Waals surface area contributed by atoms with E-state index >= 15 is 0 Å². The standard InChI is InChI=1S/C13H13Br/c1-3-4-5-6-11(2)12-7-9-13(14)10-8-12/h3-10H,2H2,1H3/b4-3-,6-5-. The summed E-state index contributed by atoms with van der Waals surface area (Å²) < 4.78 is 1.09. The van der Waals surface area contributed by atoms with Crippen molar-refractivity contribution in [1.29, 1.82) is 0 Å². The summed E-state index contributed by atoms with van der Waals surface area (Å²) in [5.74, 6) is 0. The molecule has 0 amide bonds. The van der Waals surface area contributed by atoms with Crippen LogP contribution in [0.15, 0.2) is 59.6 Å². The molecule has 1 heteroatoms. The normalized spacial score (nSPS) is 11.3. The molecule has 0 N–H and O–H groups in total. The molecule has 0 aromatic heterocycles. The second-order valence-electron chi connectivity index (χ2n) is 2.92. The maximum Gasteiger partial charge on any atom is 0.0175 e. The first kappa shape index (κ1) is 11.0. The molecule has 0 saturated heterocycles. The number of halogens is 1. The first-order valence-corrected chi connectivity index (χ1v) is 5.27. The molecular weight excluding hydrogens is 236 g/mol. The third-order valence-corrected chi connectivity index (χ3v) is 2.34. The van der Waals surface area contributed by atoms with Crippen molar-refractivity contribution in [3.05, 3.63) is 65.2 Å². The Morgan fingerprint density at radius 1 is 1.21 bits per heavy atom. The van der Waals surface area contributed by atoms with Crippen molar-refractivity contribution in [2.24, 2.45) is 0 Å². The van der Waals surface area contributed by atoms with Crippen LogP contribution in [0.4, 0.5) is 0 Å². The molecule has 0 atom stereocenters. The minimum atomic E-state index is 1.02. The zero-order valence-electron chi connectivity index (χ0n) is 8.20. The minimum absolute atomic E-state index is 1.02. The molecule has 0 nitrogen and oxygen atoms in total. The molecule has 1 aromatic rings. The van der Waals surface area contributed by atoms with Crippen molar-refractivity contribution < 1.29 is 0 Å². The van der Waals surface area contributed by atoms with Gasteiger partial charge in [-0.2, -0.15) is 0 Å². The largest absolute Gasteiger partial charge is 0.0912 e. The molecule has 0 bridgehead atoms. The van der Waals surface area contributed by atoms with Crippen LogP contribution in [0.2, 0.25) is 0 Å². The van der Waals surface area contributed by atoms with Gasteiger partial charge in [-0.1, -0.05) is 58.9 Å². The number of allylic oxidation sites excluding steroid dienone is 5. The summed E-state index contributed by atoms with van der Waals surface area (Å²) in [6.07, 6.45) is 7.98. The van der Waals surface area contributed by atoms with Gasteiger partial charge in [-0.15, -0.1) is 0 Å². The van der Waals surface area contributed by atoms with Gasteiger partial charge < -0.3 is 0 Å². The average molecular weight is 249 g/mol. The third kappa shape index (κ3) is 3.35. The van der Waals surface area contributed by atoms with Gasteiger partial charge in [-0.05, 0) is 30.2 Å². The van der Waals surface area contributed by atoms with Crippen LogP contribution < -0.4 is 0 Å². The molecule has 0 aliphatic rings. The molecule has 0 aliphatic carbocycles. The van der Waals surface area contributed by atoms with Crippen LogP contribution in [0.5, 0.6) is 0 Å². The van der Waals surface area contributed by atoms with E-state index in [2.05, 4.69) is 22.5 Å². The predicted octanol–water partition coefficient (Wildman–Crippen LogP) is 4.59. The molecule has 0 spiro atoms. The van der Waals surface area contributed by atoms with E-state index in [1.165, 1.54) is 0 Å². The first-order valence-electron chi connectivity index (χ1n) is 4.48. The van der Waals surface area contributed by atoms with Gasteiger partial charge in [0.05, 0.1) is 0 Å². The Morgan fingerprint density at radius 3 is 2.43 bits per heavy atom. The maximum absolute atomic E-state index is 3.99. The number of hydrogen-bond donors (Lipinski definition) is 0. The van der Waals surface area contributed by atoms with Gasteiger partial charge in [0, 0.05) is 4.47 Å². The smallest absolute Gasteiger partial charge is 0.0175 e. The molecule has 0 radical (unpaired) electrons. The van der Waals surface area contributed by atoms with Gasteiger partial charge >= 0.3 is 0 Å². The Bertz CT molecular complexity index is 355. The highest BCUT2D eigenvalue weighted by atomic mass is 79.9. The Kier molecular flexibility index (Phi) is 4.41. The first-order chi connectivity index (χ1) is 6.74. The summed E-state index contributed by atoms with van der Waals surface area (Å²) in [7, 11) is 0. The van der Waals surface area contributed by atoms with Crippen LogP contribution in [0.25, 0.3) is 5.57 Å². The SMILES string of the molecule is C=C(/C=C\C=C/C)c1ccc(Br)cc1. The molecule has 0 heterocycles. The molecule has 0 fully saturated rings. The molecule has 1 rings (SSSR count). The highest BCUT2D eigenvalue weighted by molar-refractivity contribution is 9.10. The minimum Gasteiger partial charge on any atom is -0.0912 e. The van der Waals surface area contributed by atoms with Crippen LogP contribution in [0.3, 0.4) is 0 Å². The van der Waals surface area contributed by atoms with E-state index in [4.69, 9.17) is 0 Å². The van der Waals surface area contributed by atoms with E-state index in [0.29, 0.717) is 0 Å². The van der Waals surface area contributed by atoms with Gasteiger partial charge in [0.2, 0.25) is 0 Å². The lowest BCUT2D eigenvalue weighted by Gasteiger charge is -1.99. The molecule has 14 heavy (non-hydrogen) atoms. The quantitative estimate of drug-likeness (QED) is 0.687. The van der Waals surface area contributed by atoms with E-state index in [1.54, 1.807) is 0 Å². The van der Waals surface area contributed by atoms with Crippen molar-refractivity contribution >= 4 is 21.5 Å². The molecule has 0 aliphatic heterocycles. The van der Waals surface area contributed by atoms with E-state index in [-0.39, 0.29) is 0 Å². The Labute approximate surface area is 93.8 Å². The van der Waals surface area contributed by atoms with Gasteiger partial charge in [-0.3, -0.25) is 0 Å². The second kappa shape index (κ2) is 5.61. The lowest BCUT2D eigenvalue weighted by Crippen LogP contribution is -1.77. The van der Waals surface area contributed by atoms with E-state index in [9.17, 15) is 0 Å². The Hall–Kier alpha value is -1.08. The second-order valence-corrected chi connectivity index (χ2v) is 3.83. The van der Waals surface area contributed by atoms with Crippen molar-refractivity contribution in [2.75, 3.05) is 0 Å². The highest BCUT2D eigenvalue weighted by Gasteiger charge is 1.93. The lowest BCUT2D eigenvalue weighted by atomic mass is 10.1.